The maximum atomic E-state index is 5.76. The molecule has 0 saturated carbocycles. The zero-order valence-corrected chi connectivity index (χ0v) is 8.03. The van der Waals surface area contributed by atoms with Crippen LogP contribution >= 0.6 is 0 Å². The van der Waals surface area contributed by atoms with E-state index in [1.54, 1.807) is 12.1 Å². The van der Waals surface area contributed by atoms with Gasteiger partial charge < -0.3 is 11.5 Å². The van der Waals surface area contributed by atoms with Crippen LogP contribution in [0.1, 0.15) is 5.56 Å². The molecule has 1 rings (SSSR count). The van der Waals surface area contributed by atoms with E-state index < -0.39 is 0 Å². The first kappa shape index (κ1) is 10.1. The molecule has 0 aliphatic rings. The average Bonchev–Trinajstić information content (AvgIpc) is 2.16. The third kappa shape index (κ3) is 2.52. The highest BCUT2D eigenvalue weighted by atomic mass is 14.6. The fourth-order valence-electron chi connectivity index (χ4n) is 1.01. The van der Waals surface area contributed by atoms with E-state index in [2.05, 4.69) is 13.2 Å². The molecule has 0 fully saturated rings. The van der Waals surface area contributed by atoms with Crippen LogP contribution < -0.4 is 11.5 Å². The van der Waals surface area contributed by atoms with Crippen LogP contribution in [0.25, 0.3) is 6.08 Å². The number of allylic oxidation sites excluding steroid dienone is 3. The van der Waals surface area contributed by atoms with Crippen LogP contribution in [-0.4, -0.2) is 0 Å². The topological polar surface area (TPSA) is 52.0 Å². The van der Waals surface area contributed by atoms with Gasteiger partial charge in [0.25, 0.3) is 0 Å². The highest BCUT2D eigenvalue weighted by molar-refractivity contribution is 5.69. The largest absolute Gasteiger partial charge is 0.399 e. The van der Waals surface area contributed by atoms with Gasteiger partial charge in [0.1, 0.15) is 0 Å². The minimum atomic E-state index is 0.665. The molecule has 4 N–H and O–H groups in total. The Bertz CT molecular complexity index is 389. The van der Waals surface area contributed by atoms with Gasteiger partial charge in [-0.3, -0.25) is 0 Å². The molecule has 2 heteroatoms. The molecule has 2 nitrogen and oxygen atoms in total. The van der Waals surface area contributed by atoms with Gasteiger partial charge in [0, 0.05) is 11.4 Å². The molecular formula is C12H14N2. The molecule has 0 unspecified atom stereocenters. The molecule has 0 radical (unpaired) electrons. The molecule has 72 valence electrons. The summed E-state index contributed by atoms with van der Waals surface area (Å²) in [6, 6.07) is 5.42. The number of rotatable bonds is 3. The van der Waals surface area contributed by atoms with E-state index >= 15 is 0 Å². The fourth-order valence-corrected chi connectivity index (χ4v) is 1.01. The van der Waals surface area contributed by atoms with Crippen molar-refractivity contribution >= 4 is 17.5 Å². The number of nitrogens with two attached hydrogens (primary N) is 2. The fraction of sp³-hybridized carbons (Fsp3) is 0. The molecule has 0 spiro atoms. The van der Waals surface area contributed by atoms with Crippen LogP contribution in [0.5, 0.6) is 0 Å². The number of hydrogen-bond acceptors (Lipinski definition) is 2. The van der Waals surface area contributed by atoms with Gasteiger partial charge in [-0.1, -0.05) is 37.5 Å². The van der Waals surface area contributed by atoms with Crippen LogP contribution in [0.4, 0.5) is 11.4 Å². The average molecular weight is 186 g/mol. The Hall–Kier alpha value is -1.96. The third-order valence-corrected chi connectivity index (χ3v) is 1.85. The van der Waals surface area contributed by atoms with Crippen molar-refractivity contribution in [3.05, 3.63) is 54.6 Å². The quantitative estimate of drug-likeness (QED) is 0.563. The highest BCUT2D eigenvalue weighted by Crippen LogP contribution is 2.17. The molecule has 1 aromatic rings. The van der Waals surface area contributed by atoms with Crippen molar-refractivity contribution in [2.45, 2.75) is 0 Å². The smallest absolute Gasteiger partial charge is 0.0408 e. The summed E-state index contributed by atoms with van der Waals surface area (Å²) in [6.07, 6.45) is 5.43. The molecule has 0 saturated heterocycles. The van der Waals surface area contributed by atoms with Gasteiger partial charge in [-0.05, 0) is 23.3 Å². The van der Waals surface area contributed by atoms with Crippen molar-refractivity contribution < 1.29 is 0 Å². The molecule has 0 heterocycles. The van der Waals surface area contributed by atoms with E-state index in [0.717, 1.165) is 11.1 Å². The van der Waals surface area contributed by atoms with Gasteiger partial charge in [0.2, 0.25) is 0 Å². The lowest BCUT2D eigenvalue weighted by Gasteiger charge is -2.01. The standard InChI is InChI=1S/C12H14N2/c1-3-9(2)4-5-10-6-7-11(13)8-12(10)14/h3-8H,1-2,13-14H2/b5-4+. The first-order chi connectivity index (χ1) is 6.63. The Kier molecular flexibility index (Phi) is 3.13. The first-order valence-electron chi connectivity index (χ1n) is 4.28. The summed E-state index contributed by atoms with van der Waals surface area (Å²) in [6.45, 7) is 7.37. The minimum Gasteiger partial charge on any atom is -0.399 e. The Morgan fingerprint density at radius 3 is 2.57 bits per heavy atom. The van der Waals surface area contributed by atoms with Gasteiger partial charge in [-0.2, -0.15) is 0 Å². The zero-order chi connectivity index (χ0) is 10.6. The summed E-state index contributed by atoms with van der Waals surface area (Å²) in [5.41, 5.74) is 14.4. The number of anilines is 2. The van der Waals surface area contributed by atoms with Crippen molar-refractivity contribution in [3.63, 3.8) is 0 Å². The van der Waals surface area contributed by atoms with Gasteiger partial charge in [-0.25, -0.2) is 0 Å². The van der Waals surface area contributed by atoms with Crippen LogP contribution in [-0.2, 0) is 0 Å². The second-order valence-corrected chi connectivity index (χ2v) is 3.00. The van der Waals surface area contributed by atoms with E-state index in [-0.39, 0.29) is 0 Å². The Morgan fingerprint density at radius 1 is 1.29 bits per heavy atom. The van der Waals surface area contributed by atoms with E-state index in [1.807, 2.05) is 24.3 Å². The summed E-state index contributed by atoms with van der Waals surface area (Å²) in [4.78, 5) is 0. The van der Waals surface area contributed by atoms with Crippen LogP contribution in [0, 0.1) is 0 Å². The SMILES string of the molecule is C=CC(=C)/C=C/c1ccc(N)cc1N. The predicted octanol–water partition coefficient (Wildman–Crippen LogP) is 2.61. The molecule has 0 atom stereocenters. The maximum absolute atomic E-state index is 5.76. The minimum absolute atomic E-state index is 0.665. The predicted molar refractivity (Wildman–Crippen MR) is 63.6 cm³/mol. The summed E-state index contributed by atoms with van der Waals surface area (Å²) >= 11 is 0. The van der Waals surface area contributed by atoms with Crippen molar-refractivity contribution in [2.75, 3.05) is 11.5 Å². The van der Waals surface area contributed by atoms with Crippen molar-refractivity contribution in [1.82, 2.24) is 0 Å². The second kappa shape index (κ2) is 4.33. The number of benzene rings is 1. The third-order valence-electron chi connectivity index (χ3n) is 1.85. The summed E-state index contributed by atoms with van der Waals surface area (Å²) in [5, 5.41) is 0. The maximum Gasteiger partial charge on any atom is 0.0408 e. The Balaban J connectivity index is 2.92. The highest BCUT2D eigenvalue weighted by Gasteiger charge is 1.94. The molecule has 0 bridgehead atoms. The first-order valence-corrected chi connectivity index (χ1v) is 4.28. The van der Waals surface area contributed by atoms with E-state index in [0.29, 0.717) is 11.4 Å². The van der Waals surface area contributed by atoms with E-state index in [4.69, 9.17) is 11.5 Å². The lowest BCUT2D eigenvalue weighted by Crippen LogP contribution is -1.92. The molecule has 14 heavy (non-hydrogen) atoms. The normalized spacial score (nSPS) is 10.3. The van der Waals surface area contributed by atoms with Gasteiger partial charge >= 0.3 is 0 Å². The second-order valence-electron chi connectivity index (χ2n) is 3.00. The van der Waals surface area contributed by atoms with E-state index in [9.17, 15) is 0 Å². The van der Waals surface area contributed by atoms with Crippen LogP contribution in [0.15, 0.2) is 49.1 Å². The Morgan fingerprint density at radius 2 is 2.00 bits per heavy atom. The molecule has 0 amide bonds. The van der Waals surface area contributed by atoms with Crippen molar-refractivity contribution in [1.29, 1.82) is 0 Å². The number of nitrogen functional groups attached to an aromatic ring is 2. The van der Waals surface area contributed by atoms with E-state index in [1.165, 1.54) is 0 Å². The summed E-state index contributed by atoms with van der Waals surface area (Å²) < 4.78 is 0. The zero-order valence-electron chi connectivity index (χ0n) is 8.03. The molecule has 1 aromatic carbocycles. The molecular weight excluding hydrogens is 172 g/mol. The van der Waals surface area contributed by atoms with Gasteiger partial charge in [0.15, 0.2) is 0 Å². The summed E-state index contributed by atoms with van der Waals surface area (Å²) in [5.74, 6) is 0. The van der Waals surface area contributed by atoms with Crippen molar-refractivity contribution in [3.8, 4) is 0 Å². The number of hydrogen-bond donors (Lipinski definition) is 2. The lowest BCUT2D eigenvalue weighted by molar-refractivity contribution is 1.62. The Labute approximate surface area is 84.2 Å². The molecule has 0 aliphatic carbocycles. The lowest BCUT2D eigenvalue weighted by atomic mass is 10.1. The molecule has 0 aromatic heterocycles. The van der Waals surface area contributed by atoms with Gasteiger partial charge in [0.05, 0.1) is 0 Å². The van der Waals surface area contributed by atoms with Gasteiger partial charge in [-0.15, -0.1) is 0 Å². The monoisotopic (exact) mass is 186 g/mol. The summed E-state index contributed by atoms with van der Waals surface area (Å²) in [7, 11) is 0. The van der Waals surface area contributed by atoms with Crippen LogP contribution in [0.2, 0.25) is 0 Å². The molecule has 0 aliphatic heterocycles. The van der Waals surface area contributed by atoms with Crippen LogP contribution in [0.3, 0.4) is 0 Å². The van der Waals surface area contributed by atoms with Crippen molar-refractivity contribution in [2.24, 2.45) is 0 Å².